The van der Waals surface area contributed by atoms with Crippen LogP contribution in [0.4, 0.5) is 0 Å². The van der Waals surface area contributed by atoms with Crippen LogP contribution in [0.3, 0.4) is 0 Å². The summed E-state index contributed by atoms with van der Waals surface area (Å²) in [5.41, 5.74) is 2.21. The van der Waals surface area contributed by atoms with Gasteiger partial charge in [-0.05, 0) is 40.6 Å². The number of sulfonamides is 1. The Morgan fingerprint density at radius 1 is 0.923 bits per heavy atom. The molecular weight excluding hydrogens is 368 g/mol. The van der Waals surface area contributed by atoms with Gasteiger partial charge < -0.3 is 4.90 Å². The van der Waals surface area contributed by atoms with Crippen molar-refractivity contribution in [2.24, 2.45) is 0 Å². The number of halogens is 1. The minimum Gasteiger partial charge on any atom is -0.332 e. The average Bonchev–Trinajstić information content (AvgIpc) is 2.91. The lowest BCUT2D eigenvalue weighted by atomic mass is 10.0. The monoisotopic (exact) mass is 387 g/mol. The fraction of sp³-hybridized carbons (Fsp3) is 0.200. The third-order valence-electron chi connectivity index (χ3n) is 5.00. The van der Waals surface area contributed by atoms with Gasteiger partial charge >= 0.3 is 0 Å². The van der Waals surface area contributed by atoms with E-state index in [0.717, 1.165) is 16.3 Å². The van der Waals surface area contributed by atoms with Gasteiger partial charge in [0.2, 0.25) is 10.0 Å². The SMILES string of the molecule is C[NH+](C)[C@@H]1c2cccc3cccc(c23)[C@@H]1NS(=O)(=O)c1ccc(Cl)cc1. The summed E-state index contributed by atoms with van der Waals surface area (Å²) in [4.78, 5) is 1.40. The summed E-state index contributed by atoms with van der Waals surface area (Å²) in [7, 11) is 0.446. The summed E-state index contributed by atoms with van der Waals surface area (Å²) < 4.78 is 28.9. The molecule has 3 aromatic carbocycles. The summed E-state index contributed by atoms with van der Waals surface area (Å²) in [5.74, 6) is 0. The number of rotatable bonds is 4. The Morgan fingerprint density at radius 3 is 2.15 bits per heavy atom. The largest absolute Gasteiger partial charge is 0.332 e. The molecule has 0 spiro atoms. The fourth-order valence-corrected chi connectivity index (χ4v) is 5.26. The van der Waals surface area contributed by atoms with Crippen LogP contribution in [0.25, 0.3) is 10.8 Å². The predicted molar refractivity (Wildman–Crippen MR) is 104 cm³/mol. The lowest BCUT2D eigenvalue weighted by molar-refractivity contribution is -0.894. The number of benzene rings is 3. The number of hydrogen-bond donors (Lipinski definition) is 2. The van der Waals surface area contributed by atoms with Crippen LogP contribution in [0.5, 0.6) is 0 Å². The maximum absolute atomic E-state index is 13.0. The average molecular weight is 388 g/mol. The van der Waals surface area contributed by atoms with Crippen molar-refractivity contribution in [2.45, 2.75) is 17.0 Å². The molecule has 2 atom stereocenters. The van der Waals surface area contributed by atoms with E-state index in [1.54, 1.807) is 12.1 Å². The van der Waals surface area contributed by atoms with Gasteiger partial charge in [0.1, 0.15) is 12.1 Å². The van der Waals surface area contributed by atoms with Crippen molar-refractivity contribution in [2.75, 3.05) is 14.1 Å². The van der Waals surface area contributed by atoms with Crippen LogP contribution in [-0.4, -0.2) is 22.5 Å². The van der Waals surface area contributed by atoms with E-state index in [-0.39, 0.29) is 17.0 Å². The normalized spacial score (nSPS) is 19.4. The molecule has 3 aromatic rings. The summed E-state index contributed by atoms with van der Waals surface area (Å²) in [5, 5.41) is 2.81. The van der Waals surface area contributed by atoms with E-state index in [2.05, 4.69) is 37.0 Å². The molecule has 1 aliphatic rings. The van der Waals surface area contributed by atoms with Crippen molar-refractivity contribution in [3.63, 3.8) is 0 Å². The highest BCUT2D eigenvalue weighted by Gasteiger charge is 2.41. The zero-order chi connectivity index (χ0) is 18.5. The van der Waals surface area contributed by atoms with Crippen LogP contribution in [0.15, 0.2) is 65.6 Å². The number of quaternary nitrogens is 1. The van der Waals surface area contributed by atoms with Crippen LogP contribution >= 0.6 is 11.6 Å². The molecule has 134 valence electrons. The van der Waals surface area contributed by atoms with Gasteiger partial charge in [0.25, 0.3) is 0 Å². The Hall–Kier alpha value is -1.92. The van der Waals surface area contributed by atoms with Crippen LogP contribution in [-0.2, 0) is 10.0 Å². The first-order valence-electron chi connectivity index (χ1n) is 8.48. The fourth-order valence-electron chi connectivity index (χ4n) is 3.90. The Morgan fingerprint density at radius 2 is 1.54 bits per heavy atom. The molecule has 1 aliphatic carbocycles. The molecule has 26 heavy (non-hydrogen) atoms. The summed E-state index contributed by atoms with van der Waals surface area (Å²) in [6.07, 6.45) is 0. The van der Waals surface area contributed by atoms with Crippen molar-refractivity contribution in [1.29, 1.82) is 0 Å². The second-order valence-electron chi connectivity index (χ2n) is 6.90. The Labute approximate surface area is 158 Å². The molecule has 4 rings (SSSR count). The number of hydrogen-bond acceptors (Lipinski definition) is 2. The van der Waals surface area contributed by atoms with Crippen LogP contribution in [0.2, 0.25) is 5.02 Å². The number of likely N-dealkylation sites (N-methyl/N-ethyl adjacent to an activating group) is 1. The van der Waals surface area contributed by atoms with E-state index >= 15 is 0 Å². The smallest absolute Gasteiger partial charge is 0.241 e. The molecule has 0 heterocycles. The molecule has 0 saturated heterocycles. The first-order valence-corrected chi connectivity index (χ1v) is 10.3. The standard InChI is InChI=1S/C20H19ClN2O2S/c1-23(2)20-17-8-4-6-13-5-3-7-16(18(13)17)19(20)22-26(24,25)15-11-9-14(21)10-12-15/h3-12,19-20,22H,1-2H3/p+1/t19-,20+/m0/s1. The summed E-state index contributed by atoms with van der Waals surface area (Å²) >= 11 is 5.89. The van der Waals surface area contributed by atoms with E-state index < -0.39 is 10.0 Å². The Balaban J connectivity index is 1.81. The molecule has 0 saturated carbocycles. The third-order valence-corrected chi connectivity index (χ3v) is 6.71. The zero-order valence-electron chi connectivity index (χ0n) is 14.5. The minimum atomic E-state index is -3.66. The lowest BCUT2D eigenvalue weighted by Gasteiger charge is -2.25. The van der Waals surface area contributed by atoms with E-state index in [0.29, 0.717) is 5.02 Å². The van der Waals surface area contributed by atoms with Gasteiger partial charge in [-0.15, -0.1) is 0 Å². The highest BCUT2D eigenvalue weighted by Crippen LogP contribution is 2.43. The quantitative estimate of drug-likeness (QED) is 0.723. The topological polar surface area (TPSA) is 50.6 Å². The number of nitrogens with one attached hydrogen (secondary N) is 2. The summed E-state index contributed by atoms with van der Waals surface area (Å²) in [6.45, 7) is 0. The molecule has 6 heteroatoms. The molecule has 2 N–H and O–H groups in total. The lowest BCUT2D eigenvalue weighted by Crippen LogP contribution is -3.06. The molecule has 0 fully saturated rings. The molecular formula is C20H20ClN2O2S+. The van der Waals surface area contributed by atoms with Gasteiger partial charge in [-0.2, -0.15) is 4.72 Å². The van der Waals surface area contributed by atoms with E-state index in [9.17, 15) is 8.42 Å². The second-order valence-corrected chi connectivity index (χ2v) is 9.05. The predicted octanol–water partition coefficient (Wildman–Crippen LogP) is 2.71. The van der Waals surface area contributed by atoms with Crippen LogP contribution in [0.1, 0.15) is 23.2 Å². The second kappa shape index (κ2) is 6.35. The molecule has 0 amide bonds. The molecule has 0 unspecified atom stereocenters. The molecule has 0 aliphatic heterocycles. The van der Waals surface area contributed by atoms with E-state index in [1.807, 2.05) is 18.2 Å². The highest BCUT2D eigenvalue weighted by molar-refractivity contribution is 7.89. The highest BCUT2D eigenvalue weighted by atomic mass is 35.5. The molecule has 4 nitrogen and oxygen atoms in total. The minimum absolute atomic E-state index is 0.0122. The van der Waals surface area contributed by atoms with Crippen molar-refractivity contribution in [3.8, 4) is 0 Å². The van der Waals surface area contributed by atoms with Crippen molar-refractivity contribution in [1.82, 2.24) is 4.72 Å². The third kappa shape index (κ3) is 2.81. The van der Waals surface area contributed by atoms with Gasteiger partial charge in [0.15, 0.2) is 0 Å². The maximum Gasteiger partial charge on any atom is 0.241 e. The zero-order valence-corrected chi connectivity index (χ0v) is 16.1. The first-order chi connectivity index (χ1) is 12.4. The van der Waals surface area contributed by atoms with Gasteiger partial charge in [-0.1, -0.05) is 48.0 Å². The van der Waals surface area contributed by atoms with Crippen LogP contribution in [0, 0.1) is 0 Å². The van der Waals surface area contributed by atoms with Gasteiger partial charge in [0.05, 0.1) is 19.0 Å². The molecule has 0 radical (unpaired) electrons. The van der Waals surface area contributed by atoms with Crippen molar-refractivity contribution in [3.05, 3.63) is 76.8 Å². The van der Waals surface area contributed by atoms with Crippen LogP contribution < -0.4 is 9.62 Å². The van der Waals surface area contributed by atoms with E-state index in [4.69, 9.17) is 11.6 Å². The molecule has 0 bridgehead atoms. The maximum atomic E-state index is 13.0. The van der Waals surface area contributed by atoms with Gasteiger partial charge in [0, 0.05) is 10.6 Å². The summed E-state index contributed by atoms with van der Waals surface area (Å²) in [6, 6.07) is 18.2. The Bertz CT molecular complexity index is 1070. The first kappa shape index (κ1) is 17.5. The van der Waals surface area contributed by atoms with Gasteiger partial charge in [-0.25, -0.2) is 8.42 Å². The van der Waals surface area contributed by atoms with Gasteiger partial charge in [-0.3, -0.25) is 0 Å². The van der Waals surface area contributed by atoms with E-state index in [1.165, 1.54) is 22.6 Å². The Kier molecular flexibility index (Phi) is 4.28. The van der Waals surface area contributed by atoms with Crippen molar-refractivity contribution < 1.29 is 13.3 Å². The molecule has 0 aromatic heterocycles. The van der Waals surface area contributed by atoms with Crippen molar-refractivity contribution >= 4 is 32.4 Å².